The predicted octanol–water partition coefficient (Wildman–Crippen LogP) is 3.61. The third-order valence-corrected chi connectivity index (χ3v) is 6.20. The van der Waals surface area contributed by atoms with E-state index >= 15 is 0 Å². The number of carbonyl (C=O) groups is 2. The summed E-state index contributed by atoms with van der Waals surface area (Å²) in [6.45, 7) is 1.84. The molecule has 1 aliphatic rings. The second-order valence-corrected chi connectivity index (χ2v) is 8.67. The van der Waals surface area contributed by atoms with Gasteiger partial charge in [-0.3, -0.25) is 14.2 Å². The van der Waals surface area contributed by atoms with Gasteiger partial charge in [0, 0.05) is 36.4 Å². The summed E-state index contributed by atoms with van der Waals surface area (Å²) in [5.74, 6) is 0.487. The maximum atomic E-state index is 12.6. The fourth-order valence-electron chi connectivity index (χ4n) is 3.53. The molecule has 1 saturated heterocycles. The molecule has 0 bridgehead atoms. The molecule has 4 rings (SSSR count). The van der Waals surface area contributed by atoms with Crippen LogP contribution in [0.15, 0.2) is 53.7 Å². The zero-order valence-electron chi connectivity index (χ0n) is 17.5. The molecule has 2 N–H and O–H groups in total. The molecule has 1 aliphatic heterocycles. The van der Waals surface area contributed by atoms with Crippen molar-refractivity contribution in [2.75, 3.05) is 36.1 Å². The van der Waals surface area contributed by atoms with E-state index in [0.29, 0.717) is 21.4 Å². The van der Waals surface area contributed by atoms with E-state index in [1.807, 2.05) is 28.8 Å². The average molecular weight is 471 g/mol. The minimum Gasteiger partial charge on any atom is -0.355 e. The summed E-state index contributed by atoms with van der Waals surface area (Å²) in [4.78, 5) is 26.6. The van der Waals surface area contributed by atoms with E-state index in [0.717, 1.165) is 37.6 Å². The molecule has 0 spiro atoms. The van der Waals surface area contributed by atoms with Gasteiger partial charge in [-0.05, 0) is 49.2 Å². The molecule has 0 saturated carbocycles. The van der Waals surface area contributed by atoms with E-state index < -0.39 is 0 Å². The van der Waals surface area contributed by atoms with Crippen LogP contribution in [0.4, 0.5) is 11.6 Å². The minimum absolute atomic E-state index is 0.142. The van der Waals surface area contributed by atoms with Crippen LogP contribution in [0.2, 0.25) is 5.02 Å². The summed E-state index contributed by atoms with van der Waals surface area (Å²) in [6.07, 6.45) is 2.23. The van der Waals surface area contributed by atoms with Crippen LogP contribution in [0.5, 0.6) is 0 Å². The maximum absolute atomic E-state index is 12.6. The van der Waals surface area contributed by atoms with Crippen LogP contribution >= 0.6 is 23.4 Å². The monoisotopic (exact) mass is 470 g/mol. The molecule has 1 fully saturated rings. The lowest BCUT2D eigenvalue weighted by molar-refractivity contribution is -0.113. The second-order valence-electron chi connectivity index (χ2n) is 7.29. The Hall–Kier alpha value is -3.04. The number of aromatic nitrogens is 3. The molecule has 0 aliphatic carbocycles. The Morgan fingerprint density at radius 2 is 1.88 bits per heavy atom. The number of thioether (sulfide) groups is 1. The number of halogens is 1. The lowest BCUT2D eigenvalue weighted by Gasteiger charge is -2.18. The number of benzene rings is 2. The average Bonchev–Trinajstić information content (AvgIpc) is 3.47. The number of nitrogens with one attached hydrogen (secondary N) is 2. The number of amides is 2. The van der Waals surface area contributed by atoms with E-state index in [1.165, 1.54) is 11.8 Å². The Bertz CT molecular complexity index is 1130. The van der Waals surface area contributed by atoms with Crippen molar-refractivity contribution in [1.29, 1.82) is 0 Å². The number of nitrogens with zero attached hydrogens (tertiary/aromatic N) is 4. The van der Waals surface area contributed by atoms with Gasteiger partial charge in [0.2, 0.25) is 11.9 Å². The number of hydrogen-bond donors (Lipinski definition) is 2. The van der Waals surface area contributed by atoms with E-state index in [2.05, 4.69) is 25.7 Å². The van der Waals surface area contributed by atoms with E-state index in [9.17, 15) is 9.59 Å². The first-order valence-electron chi connectivity index (χ1n) is 10.3. The van der Waals surface area contributed by atoms with Gasteiger partial charge in [-0.25, -0.2) is 0 Å². The first-order valence-corrected chi connectivity index (χ1v) is 11.6. The van der Waals surface area contributed by atoms with Gasteiger partial charge in [0.25, 0.3) is 5.91 Å². The van der Waals surface area contributed by atoms with Gasteiger partial charge in [0.05, 0.1) is 11.4 Å². The van der Waals surface area contributed by atoms with Crippen molar-refractivity contribution >= 4 is 46.8 Å². The fraction of sp³-hybridized carbons (Fsp3) is 0.273. The molecule has 32 heavy (non-hydrogen) atoms. The molecule has 2 aromatic carbocycles. The highest BCUT2D eigenvalue weighted by Gasteiger charge is 2.23. The second kappa shape index (κ2) is 10.1. The number of hydrogen-bond acceptors (Lipinski definition) is 6. The van der Waals surface area contributed by atoms with Crippen molar-refractivity contribution in [1.82, 2.24) is 20.1 Å². The zero-order valence-corrected chi connectivity index (χ0v) is 19.1. The van der Waals surface area contributed by atoms with E-state index in [4.69, 9.17) is 11.6 Å². The third-order valence-electron chi connectivity index (χ3n) is 5.04. The molecule has 1 aromatic heterocycles. The first-order chi connectivity index (χ1) is 15.5. The summed E-state index contributed by atoms with van der Waals surface area (Å²) in [7, 11) is 1.57. The van der Waals surface area contributed by atoms with Gasteiger partial charge >= 0.3 is 0 Å². The quantitative estimate of drug-likeness (QED) is 0.512. The van der Waals surface area contributed by atoms with Crippen LogP contribution in [-0.4, -0.2) is 52.5 Å². The molecule has 2 amide bonds. The van der Waals surface area contributed by atoms with Crippen molar-refractivity contribution in [2.45, 2.75) is 18.0 Å². The first kappa shape index (κ1) is 22.2. The molecule has 0 atom stereocenters. The van der Waals surface area contributed by atoms with Crippen LogP contribution in [0.25, 0.3) is 5.69 Å². The van der Waals surface area contributed by atoms with E-state index in [-0.39, 0.29) is 17.6 Å². The normalized spacial score (nSPS) is 13.2. The number of anilines is 2. The van der Waals surface area contributed by atoms with Crippen LogP contribution in [0, 0.1) is 0 Å². The molecular formula is C22H23ClN6O2S. The summed E-state index contributed by atoms with van der Waals surface area (Å²) < 4.78 is 1.95. The van der Waals surface area contributed by atoms with Crippen LogP contribution < -0.4 is 15.5 Å². The van der Waals surface area contributed by atoms with Gasteiger partial charge in [-0.15, -0.1) is 10.2 Å². The molecule has 0 unspecified atom stereocenters. The number of carbonyl (C=O) groups excluding carboxylic acids is 2. The maximum Gasteiger partial charge on any atom is 0.251 e. The zero-order chi connectivity index (χ0) is 22.5. The summed E-state index contributed by atoms with van der Waals surface area (Å²) >= 11 is 7.52. The molecule has 8 nitrogen and oxygen atoms in total. The summed E-state index contributed by atoms with van der Waals surface area (Å²) in [5, 5.41) is 15.4. The Morgan fingerprint density at radius 1 is 1.09 bits per heavy atom. The largest absolute Gasteiger partial charge is 0.355 e. The Kier molecular flexibility index (Phi) is 6.96. The SMILES string of the molecule is CNC(=O)c1cccc(NC(=O)CSc2nnc(N3CCCC3)n2-c2cccc(Cl)c2)c1. The molecule has 10 heteroatoms. The minimum atomic E-state index is -0.209. The van der Waals surface area contributed by atoms with E-state index in [1.54, 1.807) is 31.3 Å². The molecule has 3 aromatic rings. The van der Waals surface area contributed by atoms with Crippen molar-refractivity contribution < 1.29 is 9.59 Å². The highest BCUT2D eigenvalue weighted by atomic mass is 35.5. The Labute approximate surface area is 195 Å². The van der Waals surface area contributed by atoms with Gasteiger partial charge in [0.15, 0.2) is 5.16 Å². The topological polar surface area (TPSA) is 92.2 Å². The van der Waals surface area contributed by atoms with Gasteiger partial charge in [-0.1, -0.05) is 35.5 Å². The Morgan fingerprint density at radius 3 is 2.62 bits per heavy atom. The van der Waals surface area contributed by atoms with Crippen molar-refractivity contribution in [3.63, 3.8) is 0 Å². The van der Waals surface area contributed by atoms with Gasteiger partial charge in [0.1, 0.15) is 0 Å². The van der Waals surface area contributed by atoms with Crippen molar-refractivity contribution in [3.05, 3.63) is 59.1 Å². The standard InChI is InChI=1S/C22H23ClN6O2S/c1-24-20(31)15-6-4-8-17(12-15)25-19(30)14-32-22-27-26-21(28-10-2-3-11-28)29(22)18-9-5-7-16(23)13-18/h4-9,12-13H,2-3,10-11,14H2,1H3,(H,24,31)(H,25,30). The Balaban J connectivity index is 1.51. The van der Waals surface area contributed by atoms with Crippen LogP contribution in [-0.2, 0) is 4.79 Å². The number of rotatable bonds is 7. The smallest absolute Gasteiger partial charge is 0.251 e. The molecule has 166 valence electrons. The molecule has 2 heterocycles. The fourth-order valence-corrected chi connectivity index (χ4v) is 4.46. The molecular weight excluding hydrogens is 448 g/mol. The van der Waals surface area contributed by atoms with Crippen LogP contribution in [0.1, 0.15) is 23.2 Å². The van der Waals surface area contributed by atoms with Gasteiger partial charge in [-0.2, -0.15) is 0 Å². The summed E-state index contributed by atoms with van der Waals surface area (Å²) in [5.41, 5.74) is 1.89. The highest BCUT2D eigenvalue weighted by molar-refractivity contribution is 7.99. The summed E-state index contributed by atoms with van der Waals surface area (Å²) in [6, 6.07) is 14.3. The lowest BCUT2D eigenvalue weighted by Crippen LogP contribution is -2.22. The van der Waals surface area contributed by atoms with Gasteiger partial charge < -0.3 is 15.5 Å². The molecule has 0 radical (unpaired) electrons. The van der Waals surface area contributed by atoms with Crippen molar-refractivity contribution in [3.8, 4) is 5.69 Å². The lowest BCUT2D eigenvalue weighted by atomic mass is 10.2. The third kappa shape index (κ3) is 5.05. The highest BCUT2D eigenvalue weighted by Crippen LogP contribution is 2.29. The van der Waals surface area contributed by atoms with Crippen LogP contribution in [0.3, 0.4) is 0 Å². The predicted molar refractivity (Wildman–Crippen MR) is 127 cm³/mol. The van der Waals surface area contributed by atoms with Crippen molar-refractivity contribution in [2.24, 2.45) is 0 Å².